The molecule has 0 aromatic heterocycles. The van der Waals surface area contributed by atoms with Crippen LogP contribution in [0, 0.1) is 11.7 Å². The van der Waals surface area contributed by atoms with Crippen LogP contribution in [0.3, 0.4) is 0 Å². The molecule has 1 aromatic rings. The lowest BCUT2D eigenvalue weighted by Crippen LogP contribution is -2.10. The molecule has 0 amide bonds. The zero-order valence-corrected chi connectivity index (χ0v) is 8.37. The molecule has 0 saturated heterocycles. The first-order valence-electron chi connectivity index (χ1n) is 4.58. The van der Waals surface area contributed by atoms with Crippen molar-refractivity contribution in [1.82, 2.24) is 0 Å². The van der Waals surface area contributed by atoms with Gasteiger partial charge in [0.1, 0.15) is 5.82 Å². The largest absolute Gasteiger partial charge is 0.411 e. The first kappa shape index (κ1) is 10.7. The van der Waals surface area contributed by atoms with E-state index in [1.165, 1.54) is 12.1 Å². The van der Waals surface area contributed by atoms with Gasteiger partial charge in [0.05, 0.1) is 5.71 Å². The maximum Gasteiger partial charge on any atom is 0.123 e. The Morgan fingerprint density at radius 1 is 1.36 bits per heavy atom. The average Bonchev–Trinajstić information content (AvgIpc) is 2.16. The minimum absolute atomic E-state index is 0.199. The van der Waals surface area contributed by atoms with Crippen LogP contribution in [0.2, 0.25) is 0 Å². The molecule has 76 valence electrons. The van der Waals surface area contributed by atoms with Gasteiger partial charge >= 0.3 is 0 Å². The van der Waals surface area contributed by atoms with Gasteiger partial charge in [0.15, 0.2) is 0 Å². The predicted molar refractivity (Wildman–Crippen MR) is 54.2 cm³/mol. The average molecular weight is 195 g/mol. The monoisotopic (exact) mass is 195 g/mol. The summed E-state index contributed by atoms with van der Waals surface area (Å²) in [7, 11) is 0. The Balaban J connectivity index is 2.73. The Bertz CT molecular complexity index is 317. The highest BCUT2D eigenvalue weighted by atomic mass is 19.1. The van der Waals surface area contributed by atoms with Crippen LogP contribution >= 0.6 is 0 Å². The van der Waals surface area contributed by atoms with Gasteiger partial charge < -0.3 is 5.21 Å². The molecule has 2 nitrogen and oxygen atoms in total. The van der Waals surface area contributed by atoms with Gasteiger partial charge in [-0.25, -0.2) is 4.39 Å². The molecule has 0 atom stereocenters. The summed E-state index contributed by atoms with van der Waals surface area (Å²) in [4.78, 5) is 0. The molecule has 1 rings (SSSR count). The van der Waals surface area contributed by atoms with E-state index in [0.29, 0.717) is 12.1 Å². The summed E-state index contributed by atoms with van der Waals surface area (Å²) in [6, 6.07) is 6.21. The van der Waals surface area contributed by atoms with Crippen molar-refractivity contribution in [3.8, 4) is 0 Å². The van der Waals surface area contributed by atoms with Gasteiger partial charge in [-0.1, -0.05) is 31.1 Å². The molecule has 1 aromatic carbocycles. The molecule has 0 saturated carbocycles. The van der Waals surface area contributed by atoms with Crippen molar-refractivity contribution in [3.63, 3.8) is 0 Å². The lowest BCUT2D eigenvalue weighted by molar-refractivity contribution is 0.314. The van der Waals surface area contributed by atoms with Crippen LogP contribution in [0.5, 0.6) is 0 Å². The van der Waals surface area contributed by atoms with Crippen molar-refractivity contribution >= 4 is 5.71 Å². The quantitative estimate of drug-likeness (QED) is 0.449. The summed E-state index contributed by atoms with van der Waals surface area (Å²) in [5.41, 5.74) is 1.66. The first-order chi connectivity index (χ1) is 6.63. The highest BCUT2D eigenvalue weighted by Crippen LogP contribution is 2.08. The maximum atomic E-state index is 12.6. The number of hydrogen-bond donors (Lipinski definition) is 1. The van der Waals surface area contributed by atoms with E-state index in [1.807, 2.05) is 13.8 Å². The molecule has 0 aliphatic rings. The summed E-state index contributed by atoms with van der Waals surface area (Å²) in [6.07, 6.45) is 0.564. The molecule has 0 aliphatic heterocycles. The van der Waals surface area contributed by atoms with Crippen molar-refractivity contribution in [2.45, 2.75) is 20.3 Å². The maximum absolute atomic E-state index is 12.6. The fourth-order valence-corrected chi connectivity index (χ4v) is 1.17. The molecule has 0 aliphatic carbocycles. The molecule has 0 unspecified atom stereocenters. The Kier molecular flexibility index (Phi) is 3.63. The van der Waals surface area contributed by atoms with Crippen molar-refractivity contribution < 1.29 is 9.60 Å². The highest BCUT2D eigenvalue weighted by molar-refractivity contribution is 5.87. The lowest BCUT2D eigenvalue weighted by Gasteiger charge is -2.07. The fraction of sp³-hybridized carbons (Fsp3) is 0.364. The summed E-state index contributed by atoms with van der Waals surface area (Å²) in [5.74, 6) is -0.0502. The topological polar surface area (TPSA) is 32.6 Å². The molecule has 14 heavy (non-hydrogen) atoms. The van der Waals surface area contributed by atoms with E-state index in [9.17, 15) is 4.39 Å². The zero-order chi connectivity index (χ0) is 10.6. The van der Waals surface area contributed by atoms with Crippen LogP contribution in [0.1, 0.15) is 19.4 Å². The van der Waals surface area contributed by atoms with Gasteiger partial charge in [-0.15, -0.1) is 0 Å². The molecule has 0 radical (unpaired) electrons. The number of oxime groups is 1. The molecule has 0 fully saturated rings. The number of benzene rings is 1. The Morgan fingerprint density at radius 2 is 1.93 bits per heavy atom. The second kappa shape index (κ2) is 4.74. The van der Waals surface area contributed by atoms with E-state index in [4.69, 9.17) is 5.21 Å². The zero-order valence-electron chi connectivity index (χ0n) is 8.37. The lowest BCUT2D eigenvalue weighted by atomic mass is 10.0. The van der Waals surface area contributed by atoms with E-state index in [2.05, 4.69) is 5.16 Å². The molecule has 0 spiro atoms. The third-order valence-corrected chi connectivity index (χ3v) is 2.09. The summed E-state index contributed by atoms with van der Waals surface area (Å²) < 4.78 is 12.6. The molecular formula is C11H14FNO. The van der Waals surface area contributed by atoms with Crippen molar-refractivity contribution in [2.24, 2.45) is 11.1 Å². The van der Waals surface area contributed by atoms with Crippen LogP contribution in [0.25, 0.3) is 0 Å². The second-order valence-electron chi connectivity index (χ2n) is 3.55. The van der Waals surface area contributed by atoms with Gasteiger partial charge in [-0.3, -0.25) is 0 Å². The molecule has 0 bridgehead atoms. The van der Waals surface area contributed by atoms with Crippen LogP contribution in [-0.2, 0) is 6.42 Å². The van der Waals surface area contributed by atoms with Crippen molar-refractivity contribution in [3.05, 3.63) is 35.6 Å². The Labute approximate surface area is 83.1 Å². The SMILES string of the molecule is CC(C)/C(Cc1ccc(F)cc1)=N/O. The fourth-order valence-electron chi connectivity index (χ4n) is 1.17. The van der Waals surface area contributed by atoms with Gasteiger partial charge in [0.2, 0.25) is 0 Å². The van der Waals surface area contributed by atoms with Crippen LogP contribution < -0.4 is 0 Å². The van der Waals surface area contributed by atoms with Gasteiger partial charge in [-0.05, 0) is 23.6 Å². The standard InChI is InChI=1S/C11H14FNO/c1-8(2)11(13-14)7-9-3-5-10(12)6-4-9/h3-6,8,14H,7H2,1-2H3/b13-11+. The highest BCUT2D eigenvalue weighted by Gasteiger charge is 2.06. The Morgan fingerprint density at radius 3 is 2.36 bits per heavy atom. The smallest absolute Gasteiger partial charge is 0.123 e. The van der Waals surface area contributed by atoms with E-state index in [1.54, 1.807) is 12.1 Å². The van der Waals surface area contributed by atoms with Gasteiger partial charge in [0, 0.05) is 6.42 Å². The van der Waals surface area contributed by atoms with Crippen LogP contribution in [0.4, 0.5) is 4.39 Å². The van der Waals surface area contributed by atoms with Gasteiger partial charge in [-0.2, -0.15) is 0 Å². The van der Waals surface area contributed by atoms with E-state index in [0.717, 1.165) is 5.56 Å². The second-order valence-corrected chi connectivity index (χ2v) is 3.55. The number of halogens is 1. The minimum Gasteiger partial charge on any atom is -0.411 e. The number of nitrogens with zero attached hydrogens (tertiary/aromatic N) is 1. The third kappa shape index (κ3) is 2.83. The number of hydrogen-bond acceptors (Lipinski definition) is 2. The van der Waals surface area contributed by atoms with Crippen molar-refractivity contribution in [1.29, 1.82) is 0 Å². The molecule has 0 heterocycles. The predicted octanol–water partition coefficient (Wildman–Crippen LogP) is 2.85. The van der Waals surface area contributed by atoms with Crippen molar-refractivity contribution in [2.75, 3.05) is 0 Å². The van der Waals surface area contributed by atoms with Crippen LogP contribution in [-0.4, -0.2) is 10.9 Å². The van der Waals surface area contributed by atoms with E-state index in [-0.39, 0.29) is 11.7 Å². The summed E-state index contributed by atoms with van der Waals surface area (Å²) in [5, 5.41) is 12.0. The minimum atomic E-state index is -0.249. The third-order valence-electron chi connectivity index (χ3n) is 2.09. The van der Waals surface area contributed by atoms with Gasteiger partial charge in [0.25, 0.3) is 0 Å². The molecule has 1 N–H and O–H groups in total. The normalized spacial score (nSPS) is 12.1. The molecule has 3 heteroatoms. The summed E-state index contributed by atoms with van der Waals surface area (Å²) >= 11 is 0. The molecular weight excluding hydrogens is 181 g/mol. The number of rotatable bonds is 3. The van der Waals surface area contributed by atoms with E-state index >= 15 is 0 Å². The van der Waals surface area contributed by atoms with Crippen LogP contribution in [0.15, 0.2) is 29.4 Å². The Hall–Kier alpha value is -1.38. The first-order valence-corrected chi connectivity index (χ1v) is 4.58. The summed E-state index contributed by atoms with van der Waals surface area (Å²) in [6.45, 7) is 3.91. The van der Waals surface area contributed by atoms with E-state index < -0.39 is 0 Å².